The normalized spacial score (nSPS) is 2.60. The van der Waals surface area contributed by atoms with Gasteiger partial charge in [-0.2, -0.15) is 0 Å². The van der Waals surface area contributed by atoms with Gasteiger partial charge in [0.25, 0.3) is 0 Å². The second kappa shape index (κ2) is 34.1. The predicted octanol–water partition coefficient (Wildman–Crippen LogP) is -0.302. The second-order valence-electron chi connectivity index (χ2n) is 0. The summed E-state index contributed by atoms with van der Waals surface area (Å²) in [6.07, 6.45) is 0. The molecule has 0 aromatic heterocycles. The molecule has 0 atom stereocenters. The summed E-state index contributed by atoms with van der Waals surface area (Å²) in [4.78, 5) is 0. The molecule has 5 heavy (non-hydrogen) atoms. The van der Waals surface area contributed by atoms with E-state index in [2.05, 4.69) is 11.3 Å². The molecule has 30 valence electrons. The minimum absolute atomic E-state index is 0. The Morgan fingerprint density at radius 2 is 1.20 bits per heavy atom. The van der Waals surface area contributed by atoms with Crippen molar-refractivity contribution in [1.82, 2.24) is 0 Å². The van der Waals surface area contributed by atoms with Crippen molar-refractivity contribution in [2.45, 2.75) is 0 Å². The molecule has 0 amide bonds. The molecular formula is H4IKO3. The molecule has 0 heterocycles. The first kappa shape index (κ1) is 15.7. The molecule has 0 saturated heterocycles. The van der Waals surface area contributed by atoms with E-state index >= 15 is 0 Å². The summed E-state index contributed by atoms with van der Waals surface area (Å²) >= 11 is 3.37. The fourth-order valence-electron chi connectivity index (χ4n) is 0. The van der Waals surface area contributed by atoms with Gasteiger partial charge in [0.2, 0.25) is 0 Å². The third kappa shape index (κ3) is 22.3. The van der Waals surface area contributed by atoms with E-state index in [1.807, 2.05) is 0 Å². The first-order valence-electron chi connectivity index (χ1n) is 0.578. The molecule has 5 heteroatoms. The zero-order chi connectivity index (χ0) is 4.00. The van der Waals surface area contributed by atoms with Crippen molar-refractivity contribution >= 4 is 54.0 Å². The predicted molar refractivity (Wildman–Crippen MR) is 28.6 cm³/mol. The van der Waals surface area contributed by atoms with Gasteiger partial charge in [0.05, 0.1) is 0 Å². The zero-order valence-corrected chi connectivity index (χ0v) is 8.05. The van der Waals surface area contributed by atoms with Crippen molar-refractivity contribution in [2.24, 2.45) is 0 Å². The van der Waals surface area contributed by atoms with E-state index in [4.69, 9.17) is 10.5 Å². The topological polar surface area (TPSA) is 72.0 Å². The second-order valence-corrected chi connectivity index (χ2v) is 0. The van der Waals surface area contributed by atoms with Crippen LogP contribution < -0.4 is 0 Å². The van der Waals surface area contributed by atoms with Crippen molar-refractivity contribution in [2.75, 3.05) is 0 Å². The molecule has 0 unspecified atom stereocenters. The molecule has 0 fully saturated rings. The van der Waals surface area contributed by atoms with Gasteiger partial charge >= 0.3 is 54.0 Å². The Labute approximate surface area is 68.1 Å². The number of rotatable bonds is 0. The van der Waals surface area contributed by atoms with Gasteiger partial charge < -0.3 is 5.48 Å². The Morgan fingerprint density at radius 1 is 1.20 bits per heavy atom. The van der Waals surface area contributed by atoms with Crippen LogP contribution in [0.4, 0.5) is 0 Å². The summed E-state index contributed by atoms with van der Waals surface area (Å²) in [5.74, 6) is 0. The Balaban J connectivity index is -0.0000000133. The molecule has 3 nitrogen and oxygen atoms in total. The van der Waals surface area contributed by atoms with Crippen molar-refractivity contribution in [3.05, 3.63) is 0 Å². The molecule has 0 aliphatic rings. The number of hydrogen-bond donors (Lipinski definition) is 2. The van der Waals surface area contributed by atoms with Crippen molar-refractivity contribution < 1.29 is 16.0 Å². The number of hydrogen-bond acceptors (Lipinski definition) is 2. The fourth-order valence-corrected chi connectivity index (χ4v) is 0. The van der Waals surface area contributed by atoms with Gasteiger partial charge in [-0.1, -0.05) is 0 Å². The van der Waals surface area contributed by atoms with Crippen LogP contribution >= 0.6 is 11.3 Å². The van der Waals surface area contributed by atoms with E-state index in [-0.39, 0.29) is 5.48 Å². The van der Waals surface area contributed by atoms with Crippen molar-refractivity contribution in [3.8, 4) is 0 Å². The van der Waals surface area contributed by atoms with Crippen LogP contribution in [0.3, 0.4) is 0 Å². The summed E-state index contributed by atoms with van der Waals surface area (Å²) in [6.45, 7) is 0. The van der Waals surface area contributed by atoms with Gasteiger partial charge in [-0.15, -0.1) is 0 Å². The molecular weight excluding hydrogens is 214 g/mol. The summed E-state index contributed by atoms with van der Waals surface area (Å²) < 4.78 is 0. The van der Waals surface area contributed by atoms with Gasteiger partial charge in [0.1, 0.15) is 0 Å². The van der Waals surface area contributed by atoms with Gasteiger partial charge in [0, 0.05) is 0 Å². The summed E-state index contributed by atoms with van der Waals surface area (Å²) in [7, 11) is 0. The molecule has 4 N–H and O–H groups in total. The van der Waals surface area contributed by atoms with Crippen LogP contribution in [-0.4, -0.2) is 58.7 Å². The minimum atomic E-state index is 0. The summed E-state index contributed by atoms with van der Waals surface area (Å²) in [6, 6.07) is 0. The average molecular weight is 218 g/mol. The van der Waals surface area contributed by atoms with Crippen molar-refractivity contribution in [3.63, 3.8) is 0 Å². The van der Waals surface area contributed by atoms with Crippen LogP contribution in [-0.2, 0) is 0 Å². The zero-order valence-electron chi connectivity index (χ0n) is 2.77. The van der Waals surface area contributed by atoms with E-state index in [1.165, 1.54) is 0 Å². The molecule has 0 rings (SSSR count). The molecule has 0 aliphatic heterocycles. The number of halogens is 1. The van der Waals surface area contributed by atoms with E-state index in [0.29, 0.717) is 0 Å². The molecule has 0 spiro atoms. The van der Waals surface area contributed by atoms with Crippen molar-refractivity contribution in [1.29, 1.82) is 0 Å². The summed E-state index contributed by atoms with van der Waals surface area (Å²) in [5, 5.41) is 12.0. The van der Waals surface area contributed by atoms with Crippen LogP contribution in [0.5, 0.6) is 0 Å². The third-order valence-electron chi connectivity index (χ3n) is 0. The van der Waals surface area contributed by atoms with Crippen LogP contribution in [0.25, 0.3) is 0 Å². The molecule has 0 bridgehead atoms. The fraction of sp³-hybridized carbons (Fsp3) is 0. The quantitative estimate of drug-likeness (QED) is 0.253. The molecule has 0 radical (unpaired) electrons. The van der Waals surface area contributed by atoms with E-state index < -0.39 is 0 Å². The van der Waals surface area contributed by atoms with Crippen LogP contribution in [0.15, 0.2) is 0 Å². The van der Waals surface area contributed by atoms with Gasteiger partial charge in [-0.05, 0) is 0 Å². The third-order valence-corrected chi connectivity index (χ3v) is 0. The molecule has 0 aromatic rings. The molecule has 0 saturated carbocycles. The maximum absolute atomic E-state index is 6.00. The Morgan fingerprint density at radius 3 is 1.20 bits per heavy atom. The maximum atomic E-state index is 6.00. The first-order valence-corrected chi connectivity index (χ1v) is 10.7. The summed E-state index contributed by atoms with van der Waals surface area (Å²) in [5.41, 5.74) is 0. The van der Waals surface area contributed by atoms with Crippen LogP contribution in [0.1, 0.15) is 0 Å². The van der Waals surface area contributed by atoms with E-state index in [0.717, 1.165) is 42.7 Å². The van der Waals surface area contributed by atoms with Gasteiger partial charge in [0.15, 0.2) is 0 Å². The van der Waals surface area contributed by atoms with E-state index in [9.17, 15) is 0 Å². The molecule has 0 aliphatic carbocycles. The van der Waals surface area contributed by atoms with E-state index in [1.54, 1.807) is 0 Å². The average Bonchev–Trinajstić information content (AvgIpc) is 1.50. The van der Waals surface area contributed by atoms with Crippen LogP contribution in [0, 0.1) is 0 Å². The van der Waals surface area contributed by atoms with Gasteiger partial charge in [-0.25, -0.2) is 0 Å². The monoisotopic (exact) mass is 218 g/mol. The van der Waals surface area contributed by atoms with Crippen LogP contribution in [0.2, 0.25) is 0 Å². The molecule has 0 aromatic carbocycles. The standard InChI is InChI=1S/HI.K.H2O2.H2O/c;;1-2;/h1H;;1-2H;1H2/q;+1;;/p-1. The van der Waals surface area contributed by atoms with Gasteiger partial charge in [-0.3, -0.25) is 10.5 Å². The Bertz CT molecular complexity index is 6.85. The first-order chi connectivity index (χ1) is 2.00. The Kier molecular flexibility index (Phi) is 107. The SMILES string of the molecule is O.OO.[K][I]. The Hall–Kier alpha value is 2.25.